The molecule has 0 aliphatic rings. The lowest BCUT2D eigenvalue weighted by atomic mass is 10.1. The number of carbonyl (C=O) groups excluding carboxylic acids is 1. The summed E-state index contributed by atoms with van der Waals surface area (Å²) in [6.07, 6.45) is 0.311. The van der Waals surface area contributed by atoms with Crippen LogP contribution in [0, 0.1) is 6.92 Å². The quantitative estimate of drug-likeness (QED) is 0.509. The van der Waals surface area contributed by atoms with E-state index in [2.05, 4.69) is 0 Å². The second kappa shape index (κ2) is 5.47. The van der Waals surface area contributed by atoms with E-state index >= 15 is 0 Å². The van der Waals surface area contributed by atoms with E-state index in [4.69, 9.17) is 5.84 Å². The number of amides is 1. The molecular formula is C15H16N2O. The lowest BCUT2D eigenvalue weighted by Gasteiger charge is -2.16. The third-order valence-electron chi connectivity index (χ3n) is 2.78. The zero-order chi connectivity index (χ0) is 13.0. The van der Waals surface area contributed by atoms with Gasteiger partial charge in [0.15, 0.2) is 0 Å². The Morgan fingerprint density at radius 2 is 1.67 bits per heavy atom. The van der Waals surface area contributed by atoms with Gasteiger partial charge in [-0.1, -0.05) is 48.0 Å². The average Bonchev–Trinajstić information content (AvgIpc) is 2.40. The number of carbonyl (C=O) groups is 1. The van der Waals surface area contributed by atoms with Gasteiger partial charge in [-0.3, -0.25) is 4.79 Å². The lowest BCUT2D eigenvalue weighted by molar-refractivity contribution is -0.118. The monoisotopic (exact) mass is 240 g/mol. The number of hydrogen-bond donors (Lipinski definition) is 1. The van der Waals surface area contributed by atoms with Crippen LogP contribution in [0.4, 0.5) is 5.69 Å². The van der Waals surface area contributed by atoms with Crippen molar-refractivity contribution in [2.45, 2.75) is 13.3 Å². The molecule has 0 bridgehead atoms. The maximum atomic E-state index is 12.0. The highest BCUT2D eigenvalue weighted by Gasteiger charge is 2.11. The van der Waals surface area contributed by atoms with Gasteiger partial charge in [0.25, 0.3) is 0 Å². The largest absolute Gasteiger partial charge is 0.273 e. The number of benzene rings is 2. The van der Waals surface area contributed by atoms with Gasteiger partial charge in [-0.25, -0.2) is 10.9 Å². The standard InChI is InChI=1S/C15H16N2O/c1-12-7-9-14(10-8-12)17(16)15(18)11-13-5-3-2-4-6-13/h2-10H,11,16H2,1H3. The highest BCUT2D eigenvalue weighted by Crippen LogP contribution is 2.13. The van der Waals surface area contributed by atoms with Crippen LogP contribution in [0.25, 0.3) is 0 Å². The molecule has 0 aromatic heterocycles. The molecule has 2 rings (SSSR count). The predicted molar refractivity (Wildman–Crippen MR) is 73.0 cm³/mol. The fraction of sp³-hybridized carbons (Fsp3) is 0.133. The van der Waals surface area contributed by atoms with Crippen LogP contribution < -0.4 is 10.9 Å². The Morgan fingerprint density at radius 3 is 2.28 bits per heavy atom. The van der Waals surface area contributed by atoms with E-state index in [-0.39, 0.29) is 5.91 Å². The molecule has 3 nitrogen and oxygen atoms in total. The van der Waals surface area contributed by atoms with E-state index in [1.807, 2.05) is 61.5 Å². The molecule has 0 atom stereocenters. The molecule has 2 aromatic rings. The number of nitrogens with zero attached hydrogens (tertiary/aromatic N) is 1. The van der Waals surface area contributed by atoms with Gasteiger partial charge in [-0.05, 0) is 24.6 Å². The van der Waals surface area contributed by atoms with Gasteiger partial charge in [0.1, 0.15) is 0 Å². The molecule has 0 aliphatic carbocycles. The molecule has 2 N–H and O–H groups in total. The zero-order valence-electron chi connectivity index (χ0n) is 10.3. The van der Waals surface area contributed by atoms with Crippen LogP contribution in [0.5, 0.6) is 0 Å². The van der Waals surface area contributed by atoms with Crippen molar-refractivity contribution in [3.05, 3.63) is 65.7 Å². The predicted octanol–water partition coefficient (Wildman–Crippen LogP) is 2.44. The fourth-order valence-electron chi connectivity index (χ4n) is 1.71. The van der Waals surface area contributed by atoms with Crippen molar-refractivity contribution in [2.24, 2.45) is 5.84 Å². The molecule has 0 unspecified atom stereocenters. The minimum atomic E-state index is -0.120. The van der Waals surface area contributed by atoms with Gasteiger partial charge in [0.05, 0.1) is 12.1 Å². The maximum absolute atomic E-state index is 12.0. The van der Waals surface area contributed by atoms with Crippen LogP contribution in [0.3, 0.4) is 0 Å². The Labute approximate surface area is 107 Å². The number of aryl methyl sites for hydroxylation is 1. The molecule has 0 spiro atoms. The van der Waals surface area contributed by atoms with Gasteiger partial charge in [-0.15, -0.1) is 0 Å². The highest BCUT2D eigenvalue weighted by atomic mass is 16.2. The first-order valence-corrected chi connectivity index (χ1v) is 5.85. The van der Waals surface area contributed by atoms with Gasteiger partial charge in [0, 0.05) is 0 Å². The molecule has 0 radical (unpaired) electrons. The molecule has 2 aromatic carbocycles. The van der Waals surface area contributed by atoms with Crippen molar-refractivity contribution < 1.29 is 4.79 Å². The number of anilines is 1. The summed E-state index contributed by atoms with van der Waals surface area (Å²) in [6, 6.07) is 17.1. The third-order valence-corrected chi connectivity index (χ3v) is 2.78. The van der Waals surface area contributed by atoms with Gasteiger partial charge >= 0.3 is 0 Å². The van der Waals surface area contributed by atoms with E-state index in [0.717, 1.165) is 11.1 Å². The Morgan fingerprint density at radius 1 is 1.06 bits per heavy atom. The van der Waals surface area contributed by atoms with Crippen molar-refractivity contribution in [2.75, 3.05) is 5.01 Å². The van der Waals surface area contributed by atoms with Crippen molar-refractivity contribution >= 4 is 11.6 Å². The summed E-state index contributed by atoms with van der Waals surface area (Å²) in [7, 11) is 0. The molecule has 3 heteroatoms. The maximum Gasteiger partial charge on any atom is 0.245 e. The smallest absolute Gasteiger partial charge is 0.245 e. The van der Waals surface area contributed by atoms with Crippen LogP contribution in [-0.2, 0) is 11.2 Å². The second-order valence-corrected chi connectivity index (χ2v) is 4.26. The molecule has 0 heterocycles. The summed E-state index contributed by atoms with van der Waals surface area (Å²) in [5, 5.41) is 1.20. The summed E-state index contributed by atoms with van der Waals surface area (Å²) >= 11 is 0. The fourth-order valence-corrected chi connectivity index (χ4v) is 1.71. The van der Waals surface area contributed by atoms with Crippen molar-refractivity contribution in [3.8, 4) is 0 Å². The first-order valence-electron chi connectivity index (χ1n) is 5.85. The van der Waals surface area contributed by atoms with E-state index in [1.54, 1.807) is 0 Å². The van der Waals surface area contributed by atoms with Crippen LogP contribution in [0.2, 0.25) is 0 Å². The minimum absolute atomic E-state index is 0.120. The third kappa shape index (κ3) is 2.96. The zero-order valence-corrected chi connectivity index (χ0v) is 10.3. The molecule has 0 saturated heterocycles. The first kappa shape index (κ1) is 12.3. The van der Waals surface area contributed by atoms with Gasteiger partial charge in [-0.2, -0.15) is 0 Å². The van der Waals surface area contributed by atoms with Crippen molar-refractivity contribution in [1.82, 2.24) is 0 Å². The summed E-state index contributed by atoms with van der Waals surface area (Å²) < 4.78 is 0. The molecule has 1 amide bonds. The highest BCUT2D eigenvalue weighted by molar-refractivity contribution is 5.93. The Hall–Kier alpha value is -2.13. The first-order chi connectivity index (χ1) is 8.66. The Bertz CT molecular complexity index is 520. The van der Waals surface area contributed by atoms with E-state index < -0.39 is 0 Å². The van der Waals surface area contributed by atoms with Crippen molar-refractivity contribution in [3.63, 3.8) is 0 Å². The topological polar surface area (TPSA) is 46.3 Å². The molecular weight excluding hydrogens is 224 g/mol. The SMILES string of the molecule is Cc1ccc(N(N)C(=O)Cc2ccccc2)cc1. The Kier molecular flexibility index (Phi) is 3.75. The summed E-state index contributed by atoms with van der Waals surface area (Å²) in [6.45, 7) is 2.00. The molecule has 0 saturated carbocycles. The summed E-state index contributed by atoms with van der Waals surface area (Å²) in [5.74, 6) is 5.70. The van der Waals surface area contributed by atoms with Gasteiger partial charge < -0.3 is 0 Å². The normalized spacial score (nSPS) is 10.1. The van der Waals surface area contributed by atoms with Crippen LogP contribution in [0.1, 0.15) is 11.1 Å². The van der Waals surface area contributed by atoms with Crippen LogP contribution in [-0.4, -0.2) is 5.91 Å². The number of hydrogen-bond acceptors (Lipinski definition) is 2. The summed E-state index contributed by atoms with van der Waals surface area (Å²) in [4.78, 5) is 12.0. The second-order valence-electron chi connectivity index (χ2n) is 4.26. The lowest BCUT2D eigenvalue weighted by Crippen LogP contribution is -2.38. The van der Waals surface area contributed by atoms with Crippen LogP contribution >= 0.6 is 0 Å². The molecule has 0 fully saturated rings. The number of rotatable bonds is 3. The molecule has 18 heavy (non-hydrogen) atoms. The van der Waals surface area contributed by atoms with E-state index in [0.29, 0.717) is 12.1 Å². The average molecular weight is 240 g/mol. The number of nitrogens with two attached hydrogens (primary N) is 1. The Balaban J connectivity index is 2.07. The molecule has 92 valence electrons. The van der Waals surface area contributed by atoms with Crippen LogP contribution in [0.15, 0.2) is 54.6 Å². The molecule has 0 aliphatic heterocycles. The minimum Gasteiger partial charge on any atom is -0.273 e. The number of hydrazine groups is 1. The van der Waals surface area contributed by atoms with E-state index in [9.17, 15) is 4.79 Å². The van der Waals surface area contributed by atoms with Gasteiger partial charge in [0.2, 0.25) is 5.91 Å². The van der Waals surface area contributed by atoms with E-state index in [1.165, 1.54) is 5.01 Å². The summed E-state index contributed by atoms with van der Waals surface area (Å²) in [5.41, 5.74) is 2.81. The van der Waals surface area contributed by atoms with Crippen molar-refractivity contribution in [1.29, 1.82) is 0 Å².